The van der Waals surface area contributed by atoms with E-state index in [4.69, 9.17) is 5.73 Å². The molecule has 3 rings (SSSR count). The fraction of sp³-hybridized carbons (Fsp3) is 0.444. The van der Waals surface area contributed by atoms with Crippen LogP contribution in [-0.4, -0.2) is 55.9 Å². The normalized spacial score (nSPS) is 20.9. The molecule has 0 saturated heterocycles. The predicted octanol–water partition coefficient (Wildman–Crippen LogP) is 0.353. The van der Waals surface area contributed by atoms with E-state index in [1.165, 1.54) is 6.08 Å². The fourth-order valence-electron chi connectivity index (χ4n) is 3.63. The van der Waals surface area contributed by atoms with Crippen molar-refractivity contribution in [1.29, 1.82) is 0 Å². The molecule has 29 heavy (non-hydrogen) atoms. The third-order valence-electron chi connectivity index (χ3n) is 5.22. The van der Waals surface area contributed by atoms with Crippen LogP contribution >= 0.6 is 0 Å². The van der Waals surface area contributed by atoms with Gasteiger partial charge in [-0.15, -0.1) is 10.2 Å². The lowest BCUT2D eigenvalue weighted by Gasteiger charge is -2.29. The molecule has 1 aliphatic rings. The van der Waals surface area contributed by atoms with Crippen molar-refractivity contribution in [2.45, 2.75) is 31.8 Å². The first kappa shape index (κ1) is 20.2. The lowest BCUT2D eigenvalue weighted by molar-refractivity contribution is -0.117. The maximum atomic E-state index is 11.7. The van der Waals surface area contributed by atoms with E-state index in [2.05, 4.69) is 44.4 Å². The molecule has 0 spiro atoms. The lowest BCUT2D eigenvalue weighted by atomic mass is 10.0. The van der Waals surface area contributed by atoms with Crippen LogP contribution in [0.25, 0.3) is 0 Å². The van der Waals surface area contributed by atoms with E-state index in [-0.39, 0.29) is 35.4 Å². The highest BCUT2D eigenvalue weighted by molar-refractivity contribution is 5.96. The molecule has 1 fully saturated rings. The third-order valence-corrected chi connectivity index (χ3v) is 5.22. The second-order valence-corrected chi connectivity index (χ2v) is 7.13. The van der Waals surface area contributed by atoms with Crippen LogP contribution in [0, 0.1) is 5.92 Å². The van der Waals surface area contributed by atoms with Gasteiger partial charge in [0.25, 0.3) is 5.91 Å². The minimum Gasteiger partial charge on any atom is -0.364 e. The number of nitrogens with one attached hydrogen (secondary N) is 2. The smallest absolute Gasteiger partial charge is 0.273 e. The predicted molar refractivity (Wildman–Crippen MR) is 108 cm³/mol. The van der Waals surface area contributed by atoms with E-state index >= 15 is 0 Å². The molecule has 154 valence electrons. The van der Waals surface area contributed by atoms with Crippen molar-refractivity contribution in [2.24, 2.45) is 18.7 Å². The van der Waals surface area contributed by atoms with Crippen LogP contribution < -0.4 is 21.3 Å². The SMILES string of the molecule is C=CC(=O)NC1CC[C@@H](N(C)c2nnc(C(N)=O)c(Nc3cnn(C)c3)n2)[C@H]1C. The molecular weight excluding hydrogens is 374 g/mol. The molecule has 11 heteroatoms. The highest BCUT2D eigenvalue weighted by Gasteiger charge is 2.37. The number of aryl methyl sites for hydroxylation is 1. The van der Waals surface area contributed by atoms with Gasteiger partial charge in [-0.2, -0.15) is 10.1 Å². The van der Waals surface area contributed by atoms with Gasteiger partial charge in [0.1, 0.15) is 0 Å². The number of carbonyl (C=O) groups excluding carboxylic acids is 2. The van der Waals surface area contributed by atoms with E-state index in [1.807, 2.05) is 11.9 Å². The zero-order chi connectivity index (χ0) is 21.1. The van der Waals surface area contributed by atoms with Crippen LogP contribution in [0.4, 0.5) is 17.5 Å². The standard InChI is InChI=1S/C18H25N9O2/c1-5-14(28)22-12-6-7-13(10(12)2)27(4)18-23-17(15(16(19)29)24-25-18)21-11-8-20-26(3)9-11/h5,8-10,12-13H,1,6-7H2,2-4H3,(H2,19,29)(H,22,28)(H,21,23,25)/t10-,12?,13+/m0/s1. The Bertz CT molecular complexity index is 926. The van der Waals surface area contributed by atoms with Crippen molar-refractivity contribution >= 4 is 29.3 Å². The molecule has 4 N–H and O–H groups in total. The summed E-state index contributed by atoms with van der Waals surface area (Å²) in [5.41, 5.74) is 6.01. The minimum absolute atomic E-state index is 0.0405. The first-order chi connectivity index (χ1) is 13.8. The number of anilines is 3. The number of hydrogen-bond donors (Lipinski definition) is 3. The van der Waals surface area contributed by atoms with Crippen molar-refractivity contribution in [3.63, 3.8) is 0 Å². The van der Waals surface area contributed by atoms with E-state index in [0.717, 1.165) is 12.8 Å². The van der Waals surface area contributed by atoms with Gasteiger partial charge in [-0.05, 0) is 24.8 Å². The number of nitrogens with zero attached hydrogens (tertiary/aromatic N) is 6. The van der Waals surface area contributed by atoms with Gasteiger partial charge < -0.3 is 21.3 Å². The number of aromatic nitrogens is 5. The second kappa shape index (κ2) is 8.25. The van der Waals surface area contributed by atoms with Crippen LogP contribution in [0.2, 0.25) is 0 Å². The molecule has 2 heterocycles. The van der Waals surface area contributed by atoms with Gasteiger partial charge in [0.15, 0.2) is 11.5 Å². The van der Waals surface area contributed by atoms with Crippen molar-refractivity contribution in [1.82, 2.24) is 30.3 Å². The van der Waals surface area contributed by atoms with Gasteiger partial charge in [-0.1, -0.05) is 13.5 Å². The molecule has 0 bridgehead atoms. The van der Waals surface area contributed by atoms with E-state index in [0.29, 0.717) is 11.6 Å². The fourth-order valence-corrected chi connectivity index (χ4v) is 3.63. The summed E-state index contributed by atoms with van der Waals surface area (Å²) in [6, 6.07) is 0.136. The molecule has 0 aromatic carbocycles. The van der Waals surface area contributed by atoms with Crippen LogP contribution in [0.5, 0.6) is 0 Å². The molecule has 1 unspecified atom stereocenters. The van der Waals surface area contributed by atoms with Crippen molar-refractivity contribution in [3.05, 3.63) is 30.7 Å². The molecule has 1 aliphatic carbocycles. The van der Waals surface area contributed by atoms with Gasteiger partial charge >= 0.3 is 0 Å². The zero-order valence-corrected chi connectivity index (χ0v) is 16.7. The van der Waals surface area contributed by atoms with E-state index < -0.39 is 5.91 Å². The first-order valence-corrected chi connectivity index (χ1v) is 9.26. The number of primary amides is 1. The number of hydrogen-bond acceptors (Lipinski definition) is 8. The maximum absolute atomic E-state index is 11.7. The van der Waals surface area contributed by atoms with E-state index in [1.54, 1.807) is 24.1 Å². The summed E-state index contributed by atoms with van der Waals surface area (Å²) in [5, 5.41) is 18.1. The average molecular weight is 399 g/mol. The zero-order valence-electron chi connectivity index (χ0n) is 16.7. The highest BCUT2D eigenvalue weighted by atomic mass is 16.2. The third kappa shape index (κ3) is 4.33. The van der Waals surface area contributed by atoms with Gasteiger partial charge in [-0.25, -0.2) is 0 Å². The summed E-state index contributed by atoms with van der Waals surface area (Å²) in [4.78, 5) is 29.8. The second-order valence-electron chi connectivity index (χ2n) is 7.13. The van der Waals surface area contributed by atoms with Gasteiger partial charge in [-0.3, -0.25) is 14.3 Å². The Morgan fingerprint density at radius 1 is 1.38 bits per heavy atom. The Labute approximate surface area is 168 Å². The maximum Gasteiger partial charge on any atom is 0.273 e. The van der Waals surface area contributed by atoms with Gasteiger partial charge in [0.05, 0.1) is 11.9 Å². The molecule has 2 aromatic heterocycles. The molecule has 0 aliphatic heterocycles. The van der Waals surface area contributed by atoms with Crippen molar-refractivity contribution < 1.29 is 9.59 Å². The van der Waals surface area contributed by atoms with Crippen LogP contribution in [0.1, 0.15) is 30.3 Å². The van der Waals surface area contributed by atoms with Crippen molar-refractivity contribution in [3.8, 4) is 0 Å². The molecule has 11 nitrogen and oxygen atoms in total. The van der Waals surface area contributed by atoms with Gasteiger partial charge in [0, 0.05) is 32.4 Å². The lowest BCUT2D eigenvalue weighted by Crippen LogP contribution is -2.42. The Morgan fingerprint density at radius 2 is 2.14 bits per heavy atom. The molecule has 0 radical (unpaired) electrons. The van der Waals surface area contributed by atoms with Crippen molar-refractivity contribution in [2.75, 3.05) is 17.3 Å². The Morgan fingerprint density at radius 3 is 2.76 bits per heavy atom. The molecule has 2 amide bonds. The Kier molecular flexibility index (Phi) is 5.76. The topological polar surface area (TPSA) is 144 Å². The summed E-state index contributed by atoms with van der Waals surface area (Å²) in [5.74, 6) is -0.180. The molecule has 3 atom stereocenters. The minimum atomic E-state index is -0.730. The summed E-state index contributed by atoms with van der Waals surface area (Å²) in [6.45, 7) is 5.57. The largest absolute Gasteiger partial charge is 0.364 e. The Hall–Kier alpha value is -3.50. The Balaban J connectivity index is 1.82. The molecule has 1 saturated carbocycles. The number of amides is 2. The first-order valence-electron chi connectivity index (χ1n) is 9.26. The number of carbonyl (C=O) groups is 2. The van der Waals surface area contributed by atoms with Crippen LogP contribution in [0.3, 0.4) is 0 Å². The molecule has 2 aromatic rings. The quantitative estimate of drug-likeness (QED) is 0.566. The molecular formula is C18H25N9O2. The highest BCUT2D eigenvalue weighted by Crippen LogP contribution is 2.31. The monoisotopic (exact) mass is 399 g/mol. The van der Waals surface area contributed by atoms with E-state index in [9.17, 15) is 9.59 Å². The number of nitrogens with two attached hydrogens (primary N) is 1. The van der Waals surface area contributed by atoms with Crippen LogP contribution in [0.15, 0.2) is 25.0 Å². The summed E-state index contributed by atoms with van der Waals surface area (Å²) >= 11 is 0. The summed E-state index contributed by atoms with van der Waals surface area (Å²) < 4.78 is 1.62. The number of rotatable bonds is 7. The van der Waals surface area contributed by atoms with Crippen LogP contribution in [-0.2, 0) is 11.8 Å². The van der Waals surface area contributed by atoms with Gasteiger partial charge in [0.2, 0.25) is 11.9 Å². The summed E-state index contributed by atoms with van der Waals surface area (Å²) in [6.07, 6.45) is 6.30. The average Bonchev–Trinajstić information content (AvgIpc) is 3.26. The summed E-state index contributed by atoms with van der Waals surface area (Å²) in [7, 11) is 3.65.